The second-order valence-electron chi connectivity index (χ2n) is 7.01. The highest BCUT2D eigenvalue weighted by molar-refractivity contribution is 6.29. The minimum absolute atomic E-state index is 0.563. The molecule has 26 heavy (non-hydrogen) atoms. The Balaban J connectivity index is 1.37. The Morgan fingerprint density at radius 3 is 2.65 bits per heavy atom. The van der Waals surface area contributed by atoms with Gasteiger partial charge in [0.1, 0.15) is 5.15 Å². The second-order valence-corrected chi connectivity index (χ2v) is 7.40. The van der Waals surface area contributed by atoms with Crippen molar-refractivity contribution < 1.29 is 0 Å². The third-order valence-electron chi connectivity index (χ3n) is 5.18. The van der Waals surface area contributed by atoms with E-state index in [1.165, 1.54) is 22.4 Å². The molecule has 0 saturated carbocycles. The Hall–Kier alpha value is -2.17. The van der Waals surface area contributed by atoms with E-state index in [4.69, 9.17) is 11.6 Å². The number of benzene rings is 1. The highest BCUT2D eigenvalue weighted by Crippen LogP contribution is 2.30. The normalized spacial score (nSPS) is 16.0. The lowest BCUT2D eigenvalue weighted by atomic mass is 9.89. The van der Waals surface area contributed by atoms with Gasteiger partial charge in [-0.2, -0.15) is 5.10 Å². The van der Waals surface area contributed by atoms with Crippen LogP contribution in [0.3, 0.4) is 0 Å². The number of nitrogens with zero attached hydrogens (tertiary/aromatic N) is 3. The standard InChI is InChI=1S/C21H23ClN4/c22-20-13-17(6-9-23-20)15-26-10-7-18(8-11-26)21-19(14-24-25-21)12-16-4-2-1-3-5-16/h1-6,9,13-14,18H,7-8,10-12,15H2,(H,24,25). The van der Waals surface area contributed by atoms with E-state index < -0.39 is 0 Å². The molecular weight excluding hydrogens is 344 g/mol. The highest BCUT2D eigenvalue weighted by atomic mass is 35.5. The lowest BCUT2D eigenvalue weighted by Crippen LogP contribution is -2.32. The lowest BCUT2D eigenvalue weighted by molar-refractivity contribution is 0.203. The highest BCUT2D eigenvalue weighted by Gasteiger charge is 2.24. The van der Waals surface area contributed by atoms with Crippen molar-refractivity contribution in [2.45, 2.75) is 31.7 Å². The van der Waals surface area contributed by atoms with Gasteiger partial charge in [0.05, 0.1) is 6.20 Å². The van der Waals surface area contributed by atoms with E-state index in [0.29, 0.717) is 11.1 Å². The number of rotatable bonds is 5. The molecule has 0 amide bonds. The number of nitrogens with one attached hydrogen (secondary N) is 1. The molecule has 0 radical (unpaired) electrons. The summed E-state index contributed by atoms with van der Waals surface area (Å²) in [5.41, 5.74) is 5.22. The molecule has 4 rings (SSSR count). The predicted octanol–water partition coefficient (Wildman–Crippen LogP) is 4.43. The number of pyridine rings is 1. The van der Waals surface area contributed by atoms with Gasteiger partial charge in [0.15, 0.2) is 0 Å². The van der Waals surface area contributed by atoms with Crippen molar-refractivity contribution in [3.63, 3.8) is 0 Å². The Labute approximate surface area is 159 Å². The maximum atomic E-state index is 6.00. The minimum atomic E-state index is 0.563. The molecular formula is C21H23ClN4. The number of H-pyrrole nitrogens is 1. The van der Waals surface area contributed by atoms with Gasteiger partial charge in [-0.05, 0) is 54.8 Å². The second kappa shape index (κ2) is 8.02. The van der Waals surface area contributed by atoms with Crippen LogP contribution in [0.25, 0.3) is 0 Å². The van der Waals surface area contributed by atoms with E-state index in [-0.39, 0.29) is 0 Å². The summed E-state index contributed by atoms with van der Waals surface area (Å²) >= 11 is 6.00. The zero-order valence-corrected chi connectivity index (χ0v) is 15.5. The van der Waals surface area contributed by atoms with Crippen LogP contribution in [-0.2, 0) is 13.0 Å². The van der Waals surface area contributed by atoms with Crippen molar-refractivity contribution in [1.82, 2.24) is 20.1 Å². The van der Waals surface area contributed by atoms with Gasteiger partial charge in [0.2, 0.25) is 0 Å². The maximum Gasteiger partial charge on any atom is 0.129 e. The maximum absolute atomic E-state index is 6.00. The first-order valence-corrected chi connectivity index (χ1v) is 9.54. The molecule has 1 N–H and O–H groups in total. The molecule has 1 aliphatic heterocycles. The van der Waals surface area contributed by atoms with Crippen LogP contribution in [0.2, 0.25) is 5.15 Å². The molecule has 4 nitrogen and oxygen atoms in total. The number of halogens is 1. The Morgan fingerprint density at radius 2 is 1.88 bits per heavy atom. The van der Waals surface area contributed by atoms with Gasteiger partial charge >= 0.3 is 0 Å². The van der Waals surface area contributed by atoms with Crippen molar-refractivity contribution in [2.75, 3.05) is 13.1 Å². The summed E-state index contributed by atoms with van der Waals surface area (Å²) in [5.74, 6) is 0.563. The van der Waals surface area contributed by atoms with Crippen molar-refractivity contribution in [1.29, 1.82) is 0 Å². The molecule has 1 fully saturated rings. The molecule has 0 bridgehead atoms. The third kappa shape index (κ3) is 4.14. The van der Waals surface area contributed by atoms with Gasteiger partial charge in [-0.15, -0.1) is 0 Å². The van der Waals surface area contributed by atoms with Crippen molar-refractivity contribution in [3.05, 3.63) is 82.4 Å². The largest absolute Gasteiger partial charge is 0.299 e. The van der Waals surface area contributed by atoms with Gasteiger partial charge in [-0.1, -0.05) is 41.9 Å². The van der Waals surface area contributed by atoms with Crippen molar-refractivity contribution >= 4 is 11.6 Å². The van der Waals surface area contributed by atoms with Crippen LogP contribution in [0.15, 0.2) is 54.9 Å². The Bertz CT molecular complexity index is 838. The summed E-state index contributed by atoms with van der Waals surface area (Å²) in [6, 6.07) is 14.6. The molecule has 0 atom stereocenters. The summed E-state index contributed by atoms with van der Waals surface area (Å²) in [4.78, 5) is 6.55. The van der Waals surface area contributed by atoms with Crippen LogP contribution in [0.5, 0.6) is 0 Å². The van der Waals surface area contributed by atoms with E-state index in [0.717, 1.165) is 38.9 Å². The van der Waals surface area contributed by atoms with Gasteiger partial charge in [0, 0.05) is 30.8 Å². The van der Waals surface area contributed by atoms with Crippen molar-refractivity contribution in [3.8, 4) is 0 Å². The molecule has 5 heteroatoms. The quantitative estimate of drug-likeness (QED) is 0.679. The van der Waals surface area contributed by atoms with E-state index in [9.17, 15) is 0 Å². The van der Waals surface area contributed by atoms with E-state index in [1.807, 2.05) is 18.3 Å². The minimum Gasteiger partial charge on any atom is -0.299 e. The fourth-order valence-corrected chi connectivity index (χ4v) is 4.01. The van der Waals surface area contributed by atoms with Crippen LogP contribution in [0.4, 0.5) is 0 Å². The number of hydrogen-bond acceptors (Lipinski definition) is 3. The molecule has 134 valence electrons. The molecule has 2 aromatic heterocycles. The molecule has 3 aromatic rings. The van der Waals surface area contributed by atoms with Gasteiger partial charge < -0.3 is 0 Å². The average Bonchev–Trinajstić information content (AvgIpc) is 3.11. The third-order valence-corrected chi connectivity index (χ3v) is 5.39. The average molecular weight is 367 g/mol. The summed E-state index contributed by atoms with van der Waals surface area (Å²) in [5, 5.41) is 8.17. The van der Waals surface area contributed by atoms with Crippen LogP contribution in [0.1, 0.15) is 41.1 Å². The predicted molar refractivity (Wildman–Crippen MR) is 104 cm³/mol. The Kier molecular flexibility index (Phi) is 5.32. The summed E-state index contributed by atoms with van der Waals surface area (Å²) in [7, 11) is 0. The molecule has 3 heterocycles. The first-order chi connectivity index (χ1) is 12.8. The number of hydrogen-bond donors (Lipinski definition) is 1. The summed E-state index contributed by atoms with van der Waals surface area (Å²) < 4.78 is 0. The molecule has 1 saturated heterocycles. The smallest absolute Gasteiger partial charge is 0.129 e. The topological polar surface area (TPSA) is 44.8 Å². The van der Waals surface area contributed by atoms with Crippen LogP contribution in [0, 0.1) is 0 Å². The molecule has 0 spiro atoms. The van der Waals surface area contributed by atoms with Gasteiger partial charge in [-0.25, -0.2) is 4.98 Å². The zero-order chi connectivity index (χ0) is 17.8. The Morgan fingerprint density at radius 1 is 1.08 bits per heavy atom. The van der Waals surface area contributed by atoms with Crippen LogP contribution >= 0.6 is 11.6 Å². The lowest BCUT2D eigenvalue weighted by Gasteiger charge is -2.32. The first-order valence-electron chi connectivity index (χ1n) is 9.17. The van der Waals surface area contributed by atoms with Crippen LogP contribution in [-0.4, -0.2) is 33.2 Å². The van der Waals surface area contributed by atoms with Gasteiger partial charge in [-0.3, -0.25) is 10.00 Å². The molecule has 1 aromatic carbocycles. The number of likely N-dealkylation sites (tertiary alicyclic amines) is 1. The summed E-state index contributed by atoms with van der Waals surface area (Å²) in [6.45, 7) is 3.12. The zero-order valence-electron chi connectivity index (χ0n) is 14.7. The fraction of sp³-hybridized carbons (Fsp3) is 0.333. The number of aromatic nitrogens is 3. The molecule has 0 aliphatic carbocycles. The van der Waals surface area contributed by atoms with E-state index >= 15 is 0 Å². The van der Waals surface area contributed by atoms with E-state index in [1.54, 1.807) is 6.20 Å². The van der Waals surface area contributed by atoms with E-state index in [2.05, 4.69) is 50.4 Å². The number of piperidine rings is 1. The van der Waals surface area contributed by atoms with Crippen LogP contribution < -0.4 is 0 Å². The van der Waals surface area contributed by atoms with Crippen molar-refractivity contribution in [2.24, 2.45) is 0 Å². The molecule has 0 unspecified atom stereocenters. The summed E-state index contributed by atoms with van der Waals surface area (Å²) in [6.07, 6.45) is 7.03. The monoisotopic (exact) mass is 366 g/mol. The molecule has 1 aliphatic rings. The first kappa shape index (κ1) is 17.3. The number of aromatic amines is 1. The van der Waals surface area contributed by atoms with Gasteiger partial charge in [0.25, 0.3) is 0 Å². The fourth-order valence-electron chi connectivity index (χ4n) is 3.81. The SMILES string of the molecule is Clc1cc(CN2CCC(c3[nH]ncc3Cc3ccccc3)CC2)ccn1.